The molecule has 12 heavy (non-hydrogen) atoms. The van der Waals surface area contributed by atoms with Crippen molar-refractivity contribution in [3.63, 3.8) is 0 Å². The van der Waals surface area contributed by atoms with Gasteiger partial charge in [0.05, 0.1) is 0 Å². The molecule has 1 aliphatic heterocycles. The Morgan fingerprint density at radius 1 is 1.83 bits per heavy atom. The molecule has 0 aromatic rings. The fourth-order valence-corrected chi connectivity index (χ4v) is 0.938. The number of cyclic esters (lactones) is 1. The number of rotatable bonds is 2. The first kappa shape index (κ1) is 8.77. The summed E-state index contributed by atoms with van der Waals surface area (Å²) in [6.45, 7) is 4.93. The zero-order valence-electron chi connectivity index (χ0n) is 6.83. The van der Waals surface area contributed by atoms with Crippen LogP contribution in [0.5, 0.6) is 0 Å². The van der Waals surface area contributed by atoms with E-state index in [-0.39, 0.29) is 18.7 Å². The molecule has 0 radical (unpaired) electrons. The molecule has 66 valence electrons. The summed E-state index contributed by atoms with van der Waals surface area (Å²) in [5, 5.41) is 0. The van der Waals surface area contributed by atoms with E-state index in [9.17, 15) is 9.59 Å². The van der Waals surface area contributed by atoms with Gasteiger partial charge in [-0.25, -0.2) is 4.79 Å². The highest BCUT2D eigenvalue weighted by Gasteiger charge is 2.27. The summed E-state index contributed by atoms with van der Waals surface area (Å²) in [5.74, 6) is -0.768. The average Bonchev–Trinajstić information content (AvgIpc) is 2.28. The van der Waals surface area contributed by atoms with Crippen molar-refractivity contribution in [3.05, 3.63) is 12.2 Å². The Labute approximate surface area is 70.1 Å². The van der Waals surface area contributed by atoms with Crippen molar-refractivity contribution < 1.29 is 19.1 Å². The highest BCUT2D eigenvalue weighted by atomic mass is 16.6. The monoisotopic (exact) mass is 170 g/mol. The molecular weight excluding hydrogens is 160 g/mol. The SMILES string of the molecule is C=C1CC(COC(C)=O)OC1=O. The van der Waals surface area contributed by atoms with Gasteiger partial charge < -0.3 is 9.47 Å². The number of carbonyl (C=O) groups excluding carboxylic acids is 2. The van der Waals surface area contributed by atoms with E-state index in [1.54, 1.807) is 0 Å². The molecule has 1 rings (SSSR count). The molecule has 1 unspecified atom stereocenters. The van der Waals surface area contributed by atoms with Crippen LogP contribution in [0.3, 0.4) is 0 Å². The van der Waals surface area contributed by atoms with Crippen molar-refractivity contribution in [2.45, 2.75) is 19.4 Å². The molecule has 0 aromatic heterocycles. The predicted octanol–water partition coefficient (Wildman–Crippen LogP) is 0.421. The van der Waals surface area contributed by atoms with Gasteiger partial charge in [0.1, 0.15) is 12.7 Å². The summed E-state index contributed by atoms with van der Waals surface area (Å²) in [5.41, 5.74) is 0.437. The lowest BCUT2D eigenvalue weighted by atomic mass is 10.2. The van der Waals surface area contributed by atoms with E-state index in [1.165, 1.54) is 6.92 Å². The lowest BCUT2D eigenvalue weighted by Crippen LogP contribution is -2.16. The van der Waals surface area contributed by atoms with Crippen LogP contribution in [0, 0.1) is 0 Å². The first-order chi connectivity index (χ1) is 5.59. The van der Waals surface area contributed by atoms with E-state index in [1.807, 2.05) is 0 Å². The average molecular weight is 170 g/mol. The van der Waals surface area contributed by atoms with Crippen LogP contribution in [0.15, 0.2) is 12.2 Å². The number of carbonyl (C=O) groups is 2. The Morgan fingerprint density at radius 3 is 2.92 bits per heavy atom. The third kappa shape index (κ3) is 2.08. The van der Waals surface area contributed by atoms with Gasteiger partial charge in [0, 0.05) is 18.9 Å². The van der Waals surface area contributed by atoms with Gasteiger partial charge in [-0.2, -0.15) is 0 Å². The van der Waals surface area contributed by atoms with Crippen molar-refractivity contribution >= 4 is 11.9 Å². The fraction of sp³-hybridized carbons (Fsp3) is 0.500. The quantitative estimate of drug-likeness (QED) is 0.445. The molecule has 0 amide bonds. The van der Waals surface area contributed by atoms with Crippen LogP contribution in [0.4, 0.5) is 0 Å². The van der Waals surface area contributed by atoms with Crippen molar-refractivity contribution in [3.8, 4) is 0 Å². The first-order valence-electron chi connectivity index (χ1n) is 3.61. The predicted molar refractivity (Wildman–Crippen MR) is 40.3 cm³/mol. The second-order valence-electron chi connectivity index (χ2n) is 2.64. The van der Waals surface area contributed by atoms with Gasteiger partial charge in [0.2, 0.25) is 0 Å². The summed E-state index contributed by atoms with van der Waals surface area (Å²) in [6, 6.07) is 0. The standard InChI is InChI=1S/C8H10O4/c1-5-3-7(12-8(5)10)4-11-6(2)9/h7H,1,3-4H2,2H3. The lowest BCUT2D eigenvalue weighted by Gasteiger charge is -2.07. The Morgan fingerprint density at radius 2 is 2.50 bits per heavy atom. The minimum atomic E-state index is -0.396. The highest BCUT2D eigenvalue weighted by molar-refractivity contribution is 5.89. The smallest absolute Gasteiger partial charge is 0.333 e. The van der Waals surface area contributed by atoms with Crippen molar-refractivity contribution in [1.29, 1.82) is 0 Å². The van der Waals surface area contributed by atoms with Gasteiger partial charge in [0.25, 0.3) is 0 Å². The molecule has 0 bridgehead atoms. The second kappa shape index (κ2) is 3.38. The third-order valence-corrected chi connectivity index (χ3v) is 1.51. The summed E-state index contributed by atoms with van der Waals surface area (Å²) in [4.78, 5) is 21.1. The van der Waals surface area contributed by atoms with E-state index in [2.05, 4.69) is 11.3 Å². The molecule has 0 saturated carbocycles. The maximum Gasteiger partial charge on any atom is 0.333 e. The normalized spacial score (nSPS) is 22.2. The Kier molecular flexibility index (Phi) is 2.47. The molecule has 1 saturated heterocycles. The van der Waals surface area contributed by atoms with Gasteiger partial charge in [0.15, 0.2) is 0 Å². The minimum absolute atomic E-state index is 0.125. The van der Waals surface area contributed by atoms with E-state index in [0.29, 0.717) is 12.0 Å². The van der Waals surface area contributed by atoms with Crippen LogP contribution in [-0.2, 0) is 19.1 Å². The molecule has 0 aromatic carbocycles. The topological polar surface area (TPSA) is 52.6 Å². The summed E-state index contributed by atoms with van der Waals surface area (Å²) in [6.07, 6.45) is 0.112. The molecule has 0 aliphatic carbocycles. The summed E-state index contributed by atoms with van der Waals surface area (Å²) in [7, 11) is 0. The summed E-state index contributed by atoms with van der Waals surface area (Å²) < 4.78 is 9.47. The number of hydrogen-bond acceptors (Lipinski definition) is 4. The highest BCUT2D eigenvalue weighted by Crippen LogP contribution is 2.18. The van der Waals surface area contributed by atoms with Crippen molar-refractivity contribution in [2.75, 3.05) is 6.61 Å². The molecule has 4 heteroatoms. The zero-order valence-corrected chi connectivity index (χ0v) is 6.83. The third-order valence-electron chi connectivity index (χ3n) is 1.51. The van der Waals surface area contributed by atoms with Crippen LogP contribution in [0.2, 0.25) is 0 Å². The minimum Gasteiger partial charge on any atom is -0.462 e. The van der Waals surface area contributed by atoms with Crippen LogP contribution in [0.25, 0.3) is 0 Å². The number of ether oxygens (including phenoxy) is 2. The van der Waals surface area contributed by atoms with Crippen molar-refractivity contribution in [2.24, 2.45) is 0 Å². The van der Waals surface area contributed by atoms with E-state index >= 15 is 0 Å². The van der Waals surface area contributed by atoms with Gasteiger partial charge in [-0.1, -0.05) is 6.58 Å². The molecule has 1 atom stereocenters. The van der Waals surface area contributed by atoms with E-state index in [0.717, 1.165) is 0 Å². The molecule has 0 N–H and O–H groups in total. The van der Waals surface area contributed by atoms with Gasteiger partial charge in [-0.05, 0) is 0 Å². The number of esters is 2. The molecule has 1 aliphatic rings. The van der Waals surface area contributed by atoms with Crippen LogP contribution < -0.4 is 0 Å². The van der Waals surface area contributed by atoms with Gasteiger partial charge in [-0.3, -0.25) is 4.79 Å². The zero-order chi connectivity index (χ0) is 9.14. The van der Waals surface area contributed by atoms with Crippen molar-refractivity contribution in [1.82, 2.24) is 0 Å². The second-order valence-corrected chi connectivity index (χ2v) is 2.64. The van der Waals surface area contributed by atoms with Crippen LogP contribution >= 0.6 is 0 Å². The largest absolute Gasteiger partial charge is 0.462 e. The van der Waals surface area contributed by atoms with E-state index in [4.69, 9.17) is 4.74 Å². The van der Waals surface area contributed by atoms with Gasteiger partial charge >= 0.3 is 11.9 Å². The molecule has 0 spiro atoms. The molecule has 4 nitrogen and oxygen atoms in total. The number of hydrogen-bond donors (Lipinski definition) is 0. The fourth-order valence-electron chi connectivity index (χ4n) is 0.938. The first-order valence-corrected chi connectivity index (χ1v) is 3.61. The van der Waals surface area contributed by atoms with Crippen LogP contribution in [0.1, 0.15) is 13.3 Å². The summed E-state index contributed by atoms with van der Waals surface area (Å²) >= 11 is 0. The molecular formula is C8H10O4. The molecule has 1 fully saturated rings. The molecule has 1 heterocycles. The lowest BCUT2D eigenvalue weighted by molar-refractivity contribution is -0.150. The maximum absolute atomic E-state index is 10.8. The Balaban J connectivity index is 2.33. The van der Waals surface area contributed by atoms with E-state index < -0.39 is 5.97 Å². The van der Waals surface area contributed by atoms with Crippen LogP contribution in [-0.4, -0.2) is 24.6 Å². The maximum atomic E-state index is 10.8. The Hall–Kier alpha value is -1.32. The Bertz CT molecular complexity index is 215. The van der Waals surface area contributed by atoms with Gasteiger partial charge in [-0.15, -0.1) is 0 Å².